The number of rotatable bonds is 4. The largest absolute Gasteiger partial charge is 0.494 e. The molecule has 7 nitrogen and oxygen atoms in total. The quantitative estimate of drug-likeness (QED) is 0.725. The van der Waals surface area contributed by atoms with E-state index in [1.165, 1.54) is 24.1 Å². The second-order valence-electron chi connectivity index (χ2n) is 8.14. The molecule has 29 heavy (non-hydrogen) atoms. The molecule has 3 rings (SSSR count). The fraction of sp³-hybridized carbons (Fsp3) is 0.500. The van der Waals surface area contributed by atoms with Crippen LogP contribution in [0.1, 0.15) is 56.0 Å². The Morgan fingerprint density at radius 3 is 2.41 bits per heavy atom. The minimum Gasteiger partial charge on any atom is -0.494 e. The monoisotopic (exact) mass is 439 g/mol. The van der Waals surface area contributed by atoms with Crippen LogP contribution in [0.25, 0.3) is 0 Å². The summed E-state index contributed by atoms with van der Waals surface area (Å²) in [5, 5.41) is 2.89. The van der Waals surface area contributed by atoms with Crippen LogP contribution in [0, 0.1) is 0 Å². The van der Waals surface area contributed by atoms with Crippen LogP contribution in [-0.4, -0.2) is 38.4 Å². The molecular weight excluding hydrogens is 414 g/mol. The van der Waals surface area contributed by atoms with Gasteiger partial charge in [-0.05, 0) is 45.7 Å². The first-order valence-electron chi connectivity index (χ1n) is 9.52. The number of carbonyl (C=O) groups is 1. The highest BCUT2D eigenvalue weighted by Crippen LogP contribution is 2.40. The number of aromatic amines is 1. The van der Waals surface area contributed by atoms with Crippen LogP contribution in [0.5, 0.6) is 5.75 Å². The number of carbonyl (C=O) groups excluding carboxylic acids is 1. The first-order chi connectivity index (χ1) is 13.6. The fourth-order valence-corrected chi connectivity index (χ4v) is 5.89. The lowest BCUT2D eigenvalue weighted by Gasteiger charge is -2.18. The fourth-order valence-electron chi connectivity index (χ4n) is 3.34. The zero-order valence-electron chi connectivity index (χ0n) is 17.1. The lowest BCUT2D eigenvalue weighted by atomic mass is 10.0. The summed E-state index contributed by atoms with van der Waals surface area (Å²) in [6.45, 7) is 5.57. The van der Waals surface area contributed by atoms with Gasteiger partial charge in [0.15, 0.2) is 0 Å². The van der Waals surface area contributed by atoms with Gasteiger partial charge in [-0.3, -0.25) is 9.59 Å². The van der Waals surface area contributed by atoms with Crippen molar-refractivity contribution in [3.8, 4) is 5.75 Å². The summed E-state index contributed by atoms with van der Waals surface area (Å²) >= 11 is 6.53. The van der Waals surface area contributed by atoms with E-state index in [-0.39, 0.29) is 21.8 Å². The summed E-state index contributed by atoms with van der Waals surface area (Å²) in [6, 6.07) is 3.07. The van der Waals surface area contributed by atoms with E-state index in [4.69, 9.17) is 16.3 Å². The van der Waals surface area contributed by atoms with Crippen molar-refractivity contribution in [2.45, 2.75) is 45.6 Å². The number of ketones is 1. The Hall–Kier alpha value is -2.06. The van der Waals surface area contributed by atoms with Crippen LogP contribution < -0.4 is 10.3 Å². The summed E-state index contributed by atoms with van der Waals surface area (Å²) < 4.78 is 24.3. The van der Waals surface area contributed by atoms with Crippen LogP contribution in [0.4, 0.5) is 5.69 Å². The molecule has 1 fully saturated rings. The Morgan fingerprint density at radius 1 is 1.21 bits per heavy atom. The highest BCUT2D eigenvalue weighted by Gasteiger charge is 2.26. The van der Waals surface area contributed by atoms with Crippen LogP contribution in [0.3, 0.4) is 0 Å². The van der Waals surface area contributed by atoms with Gasteiger partial charge in [-0.1, -0.05) is 18.0 Å². The van der Waals surface area contributed by atoms with Crippen LogP contribution in [0.2, 0.25) is 5.02 Å². The van der Waals surface area contributed by atoms with Gasteiger partial charge in [-0.2, -0.15) is 4.36 Å². The van der Waals surface area contributed by atoms with Gasteiger partial charge in [0, 0.05) is 23.3 Å². The second kappa shape index (κ2) is 7.99. The average Bonchev–Trinajstić information content (AvgIpc) is 3.05. The third-order valence-corrected chi connectivity index (χ3v) is 7.67. The van der Waals surface area contributed by atoms with E-state index in [0.29, 0.717) is 17.3 Å². The van der Waals surface area contributed by atoms with Crippen molar-refractivity contribution in [2.24, 2.45) is 4.36 Å². The third-order valence-electron chi connectivity index (χ3n) is 4.91. The standard InChI is InChI=1S/C20H26ClN3O4S/c1-20(2,3)24-19(26)14(12-22-24)18(25)13-8-9-15(28-4)17(16(13)21)23-29(27)10-6-5-7-11-29/h8-9,12,22H,5-7,10-11H2,1-4H3. The zero-order chi connectivity index (χ0) is 21.4. The van der Waals surface area contributed by atoms with Crippen molar-refractivity contribution in [3.05, 3.63) is 44.8 Å². The number of H-pyrrole nitrogens is 1. The van der Waals surface area contributed by atoms with Gasteiger partial charge in [0.1, 0.15) is 17.0 Å². The first kappa shape index (κ1) is 21.6. The first-order valence-corrected chi connectivity index (χ1v) is 11.7. The molecule has 0 bridgehead atoms. The Kier molecular flexibility index (Phi) is 5.96. The molecule has 1 aliphatic heterocycles. The zero-order valence-corrected chi connectivity index (χ0v) is 18.7. The number of aromatic nitrogens is 2. The molecule has 158 valence electrons. The van der Waals surface area contributed by atoms with Gasteiger partial charge in [-0.15, -0.1) is 0 Å². The molecule has 0 aliphatic carbocycles. The van der Waals surface area contributed by atoms with Gasteiger partial charge in [0.2, 0.25) is 5.78 Å². The number of hydrogen-bond donors (Lipinski definition) is 1. The number of hydrogen-bond acceptors (Lipinski definition) is 5. The minimum atomic E-state index is -2.45. The van der Waals surface area contributed by atoms with Crippen LogP contribution in [-0.2, 0) is 15.3 Å². The Balaban J connectivity index is 2.12. The molecule has 1 aromatic heterocycles. The molecule has 1 N–H and O–H groups in total. The average molecular weight is 440 g/mol. The summed E-state index contributed by atoms with van der Waals surface area (Å²) in [4.78, 5) is 25.8. The number of nitrogens with one attached hydrogen (secondary N) is 1. The minimum absolute atomic E-state index is 0.0141. The van der Waals surface area contributed by atoms with Gasteiger partial charge < -0.3 is 9.84 Å². The second-order valence-corrected chi connectivity index (χ2v) is 11.1. The van der Waals surface area contributed by atoms with Gasteiger partial charge >= 0.3 is 0 Å². The molecule has 1 aromatic carbocycles. The van der Waals surface area contributed by atoms with Crippen molar-refractivity contribution < 1.29 is 13.7 Å². The SMILES string of the molecule is COc1ccc(C(=O)c2c[nH]n(C(C)(C)C)c2=O)c(Cl)c1N=S1(=O)CCCCC1. The molecule has 2 aromatic rings. The molecule has 1 aliphatic rings. The highest BCUT2D eigenvalue weighted by molar-refractivity contribution is 7.93. The Labute approximate surface area is 175 Å². The molecule has 9 heteroatoms. The smallest absolute Gasteiger partial charge is 0.278 e. The van der Waals surface area contributed by atoms with Gasteiger partial charge in [-0.25, -0.2) is 8.89 Å². The third kappa shape index (κ3) is 4.28. The topological polar surface area (TPSA) is 93.5 Å². The Morgan fingerprint density at radius 2 is 1.86 bits per heavy atom. The summed E-state index contributed by atoms with van der Waals surface area (Å²) in [6.07, 6.45) is 4.10. The summed E-state index contributed by atoms with van der Waals surface area (Å²) in [7, 11) is -0.985. The van der Waals surface area contributed by atoms with Crippen molar-refractivity contribution in [2.75, 3.05) is 18.6 Å². The summed E-state index contributed by atoms with van der Waals surface area (Å²) in [5.74, 6) is 0.829. The molecule has 0 saturated carbocycles. The van der Waals surface area contributed by atoms with Crippen LogP contribution in [0.15, 0.2) is 27.5 Å². The van der Waals surface area contributed by atoms with Gasteiger partial charge in [0.05, 0.1) is 27.4 Å². The van der Waals surface area contributed by atoms with E-state index in [1.807, 2.05) is 20.8 Å². The van der Waals surface area contributed by atoms with E-state index in [0.717, 1.165) is 19.3 Å². The summed E-state index contributed by atoms with van der Waals surface area (Å²) in [5.41, 5.74) is -0.606. The molecule has 0 radical (unpaired) electrons. The molecule has 2 heterocycles. The van der Waals surface area contributed by atoms with Crippen molar-refractivity contribution in [1.82, 2.24) is 9.78 Å². The maximum absolute atomic E-state index is 13.1. The van der Waals surface area contributed by atoms with E-state index < -0.39 is 26.6 Å². The Bertz CT molecular complexity index is 1110. The highest BCUT2D eigenvalue weighted by atomic mass is 35.5. The van der Waals surface area contributed by atoms with E-state index in [2.05, 4.69) is 9.46 Å². The molecular formula is C20H26ClN3O4S. The van der Waals surface area contributed by atoms with E-state index in [9.17, 15) is 13.8 Å². The van der Waals surface area contributed by atoms with Crippen molar-refractivity contribution in [3.63, 3.8) is 0 Å². The molecule has 0 atom stereocenters. The number of halogens is 1. The predicted octanol–water partition coefficient (Wildman–Crippen LogP) is 4.11. The number of ether oxygens (including phenoxy) is 1. The lowest BCUT2D eigenvalue weighted by molar-refractivity contribution is 0.103. The maximum Gasteiger partial charge on any atom is 0.278 e. The maximum atomic E-state index is 13.1. The van der Waals surface area contributed by atoms with E-state index >= 15 is 0 Å². The van der Waals surface area contributed by atoms with Crippen LogP contribution >= 0.6 is 11.6 Å². The lowest BCUT2D eigenvalue weighted by Crippen LogP contribution is -2.34. The molecule has 0 spiro atoms. The normalized spacial score (nSPS) is 16.4. The van der Waals surface area contributed by atoms with E-state index in [1.54, 1.807) is 6.07 Å². The van der Waals surface area contributed by atoms with Crippen molar-refractivity contribution in [1.29, 1.82) is 0 Å². The number of nitrogens with zero attached hydrogens (tertiary/aromatic N) is 2. The predicted molar refractivity (Wildman–Crippen MR) is 115 cm³/mol. The van der Waals surface area contributed by atoms with Crippen molar-refractivity contribution >= 4 is 32.8 Å². The molecule has 1 saturated heterocycles. The number of methoxy groups -OCH3 is 1. The molecule has 0 amide bonds. The number of benzene rings is 1. The molecule has 0 unspecified atom stereocenters. The van der Waals surface area contributed by atoms with Gasteiger partial charge in [0.25, 0.3) is 5.56 Å².